The van der Waals surface area contributed by atoms with E-state index in [0.717, 1.165) is 17.2 Å². The van der Waals surface area contributed by atoms with Gasteiger partial charge in [-0.25, -0.2) is 15.0 Å². The van der Waals surface area contributed by atoms with Crippen LogP contribution in [0.4, 0.5) is 5.95 Å². The van der Waals surface area contributed by atoms with E-state index in [2.05, 4.69) is 25.3 Å². The minimum absolute atomic E-state index is 0.0703. The van der Waals surface area contributed by atoms with Crippen molar-refractivity contribution in [2.75, 3.05) is 11.9 Å². The smallest absolute Gasteiger partial charge is 0.223 e. The zero-order chi connectivity index (χ0) is 13.2. The second-order valence-electron chi connectivity index (χ2n) is 5.08. The van der Waals surface area contributed by atoms with Crippen LogP contribution in [0.5, 0.6) is 0 Å². The van der Waals surface area contributed by atoms with Crippen LogP contribution >= 0.6 is 0 Å². The Kier molecular flexibility index (Phi) is 3.16. The summed E-state index contributed by atoms with van der Waals surface area (Å²) in [5.41, 5.74) is 7.49. The van der Waals surface area contributed by atoms with Gasteiger partial charge in [0.1, 0.15) is 5.82 Å². The highest BCUT2D eigenvalue weighted by Gasteiger charge is 2.26. The number of aromatic amines is 1. The van der Waals surface area contributed by atoms with Gasteiger partial charge in [0, 0.05) is 24.7 Å². The number of imidazole rings is 1. The second kappa shape index (κ2) is 4.97. The van der Waals surface area contributed by atoms with Gasteiger partial charge >= 0.3 is 0 Å². The molecule has 0 spiro atoms. The summed E-state index contributed by atoms with van der Waals surface area (Å²) in [6.07, 6.45) is 6.05. The molecule has 4 N–H and O–H groups in total. The maximum atomic E-state index is 5.70. The van der Waals surface area contributed by atoms with E-state index in [1.54, 1.807) is 6.20 Å². The van der Waals surface area contributed by atoms with Gasteiger partial charge in [-0.3, -0.25) is 0 Å². The topological polar surface area (TPSA) is 92.5 Å². The van der Waals surface area contributed by atoms with Crippen molar-refractivity contribution >= 4 is 5.95 Å². The summed E-state index contributed by atoms with van der Waals surface area (Å²) in [5.74, 6) is 2.28. The maximum absolute atomic E-state index is 5.70. The first-order valence-corrected chi connectivity index (χ1v) is 6.60. The lowest BCUT2D eigenvalue weighted by Gasteiger charge is -2.07. The fraction of sp³-hybridized carbons (Fsp3) is 0.462. The molecule has 3 rings (SSSR count). The Morgan fingerprint density at radius 1 is 1.47 bits per heavy atom. The molecule has 0 radical (unpaired) electrons. The molecule has 6 heteroatoms. The Hall–Kier alpha value is -1.95. The van der Waals surface area contributed by atoms with Gasteiger partial charge < -0.3 is 16.0 Å². The largest absolute Gasteiger partial charge is 0.353 e. The van der Waals surface area contributed by atoms with Crippen molar-refractivity contribution in [2.24, 2.45) is 5.73 Å². The lowest BCUT2D eigenvalue weighted by Crippen LogP contribution is -2.25. The normalized spacial score (nSPS) is 16.3. The molecule has 100 valence electrons. The summed E-state index contributed by atoms with van der Waals surface area (Å²) in [5, 5.41) is 3.11. The van der Waals surface area contributed by atoms with E-state index in [-0.39, 0.29) is 6.04 Å². The summed E-state index contributed by atoms with van der Waals surface area (Å²) in [7, 11) is 0. The van der Waals surface area contributed by atoms with Crippen molar-refractivity contribution < 1.29 is 0 Å². The Balaban J connectivity index is 1.77. The summed E-state index contributed by atoms with van der Waals surface area (Å²) >= 11 is 0. The van der Waals surface area contributed by atoms with E-state index in [9.17, 15) is 0 Å². The predicted molar refractivity (Wildman–Crippen MR) is 73.7 cm³/mol. The minimum Gasteiger partial charge on any atom is -0.353 e. The van der Waals surface area contributed by atoms with Gasteiger partial charge in [-0.05, 0) is 25.8 Å². The van der Waals surface area contributed by atoms with Gasteiger partial charge in [-0.1, -0.05) is 0 Å². The average molecular weight is 258 g/mol. The summed E-state index contributed by atoms with van der Waals surface area (Å²) in [6, 6.07) is 1.95. The second-order valence-corrected chi connectivity index (χ2v) is 5.08. The van der Waals surface area contributed by atoms with Gasteiger partial charge in [-0.2, -0.15) is 0 Å². The average Bonchev–Trinajstić information content (AvgIpc) is 3.14. The molecule has 1 saturated carbocycles. The predicted octanol–water partition coefficient (Wildman–Crippen LogP) is 1.50. The molecule has 1 atom stereocenters. The Morgan fingerprint density at radius 2 is 2.32 bits per heavy atom. The first-order chi connectivity index (χ1) is 9.22. The molecule has 2 aromatic heterocycles. The standard InChI is InChI=1S/C13H18N6/c1-8(14)6-17-13-15-5-4-10(19-13)11-7-16-12(18-11)9-2-3-9/h4-5,7-9H,2-3,6,14H2,1H3,(H,16,18)(H,15,17,19). The van der Waals surface area contributed by atoms with Crippen LogP contribution in [0.25, 0.3) is 11.4 Å². The van der Waals surface area contributed by atoms with E-state index in [4.69, 9.17) is 5.73 Å². The van der Waals surface area contributed by atoms with Crippen LogP contribution in [-0.4, -0.2) is 32.5 Å². The highest BCUT2D eigenvalue weighted by molar-refractivity contribution is 5.54. The molecular weight excluding hydrogens is 240 g/mol. The van der Waals surface area contributed by atoms with E-state index < -0.39 is 0 Å². The third-order valence-electron chi connectivity index (χ3n) is 3.07. The van der Waals surface area contributed by atoms with E-state index in [0.29, 0.717) is 18.4 Å². The van der Waals surface area contributed by atoms with Crippen molar-refractivity contribution in [3.8, 4) is 11.4 Å². The monoisotopic (exact) mass is 258 g/mol. The molecule has 1 fully saturated rings. The third kappa shape index (κ3) is 2.90. The molecule has 1 unspecified atom stereocenters. The molecule has 1 aliphatic carbocycles. The molecule has 0 aromatic carbocycles. The van der Waals surface area contributed by atoms with Crippen LogP contribution in [0.1, 0.15) is 31.5 Å². The molecule has 0 amide bonds. The highest BCUT2D eigenvalue weighted by Crippen LogP contribution is 2.38. The van der Waals surface area contributed by atoms with Gasteiger partial charge in [0.15, 0.2) is 0 Å². The number of aromatic nitrogens is 4. The summed E-state index contributed by atoms with van der Waals surface area (Å²) in [4.78, 5) is 16.4. The Labute approximate surface area is 111 Å². The number of rotatable bonds is 5. The van der Waals surface area contributed by atoms with E-state index >= 15 is 0 Å². The van der Waals surface area contributed by atoms with Crippen molar-refractivity contribution in [3.05, 3.63) is 24.3 Å². The molecule has 1 aliphatic rings. The molecular formula is C13H18N6. The summed E-state index contributed by atoms with van der Waals surface area (Å²) in [6.45, 7) is 2.59. The molecule has 2 aromatic rings. The zero-order valence-corrected chi connectivity index (χ0v) is 10.9. The van der Waals surface area contributed by atoms with Crippen molar-refractivity contribution in [2.45, 2.75) is 31.7 Å². The quantitative estimate of drug-likeness (QED) is 0.756. The lowest BCUT2D eigenvalue weighted by molar-refractivity contribution is 0.773. The fourth-order valence-corrected chi connectivity index (χ4v) is 1.88. The van der Waals surface area contributed by atoms with Gasteiger partial charge in [-0.15, -0.1) is 0 Å². The van der Waals surface area contributed by atoms with Crippen molar-refractivity contribution in [1.29, 1.82) is 0 Å². The number of nitrogens with one attached hydrogen (secondary N) is 2. The summed E-state index contributed by atoms with van der Waals surface area (Å²) < 4.78 is 0. The highest BCUT2D eigenvalue weighted by atomic mass is 15.1. The zero-order valence-electron chi connectivity index (χ0n) is 10.9. The first-order valence-electron chi connectivity index (χ1n) is 6.60. The third-order valence-corrected chi connectivity index (χ3v) is 3.07. The molecule has 0 bridgehead atoms. The molecule has 6 nitrogen and oxygen atoms in total. The van der Waals surface area contributed by atoms with E-state index in [1.165, 1.54) is 12.8 Å². The molecule has 2 heterocycles. The Morgan fingerprint density at radius 3 is 3.05 bits per heavy atom. The fourth-order valence-electron chi connectivity index (χ4n) is 1.88. The number of nitrogens with two attached hydrogens (primary N) is 1. The van der Waals surface area contributed by atoms with Crippen LogP contribution in [0.2, 0.25) is 0 Å². The number of hydrogen-bond acceptors (Lipinski definition) is 5. The van der Waals surface area contributed by atoms with Crippen molar-refractivity contribution in [1.82, 2.24) is 19.9 Å². The van der Waals surface area contributed by atoms with E-state index in [1.807, 2.05) is 19.2 Å². The number of anilines is 1. The van der Waals surface area contributed by atoms with Gasteiger partial charge in [0.25, 0.3) is 0 Å². The maximum Gasteiger partial charge on any atom is 0.223 e. The minimum atomic E-state index is 0.0703. The first kappa shape index (κ1) is 12.1. The van der Waals surface area contributed by atoms with Gasteiger partial charge in [0.05, 0.1) is 17.6 Å². The van der Waals surface area contributed by atoms with Crippen LogP contribution in [-0.2, 0) is 0 Å². The molecule has 19 heavy (non-hydrogen) atoms. The SMILES string of the molecule is CC(N)CNc1nccc(-c2cnc(C3CC3)[nH]2)n1. The Bertz CT molecular complexity index is 558. The van der Waals surface area contributed by atoms with Crippen LogP contribution in [0.3, 0.4) is 0 Å². The number of H-pyrrole nitrogens is 1. The van der Waals surface area contributed by atoms with Crippen molar-refractivity contribution in [3.63, 3.8) is 0 Å². The van der Waals surface area contributed by atoms with Gasteiger partial charge in [0.2, 0.25) is 5.95 Å². The van der Waals surface area contributed by atoms with Crippen LogP contribution < -0.4 is 11.1 Å². The molecule has 0 aliphatic heterocycles. The number of nitrogens with zero attached hydrogens (tertiary/aromatic N) is 3. The molecule has 0 saturated heterocycles. The lowest BCUT2D eigenvalue weighted by atomic mass is 10.3. The number of hydrogen-bond donors (Lipinski definition) is 3. The van der Waals surface area contributed by atoms with Crippen LogP contribution in [0.15, 0.2) is 18.5 Å². The van der Waals surface area contributed by atoms with Crippen LogP contribution in [0, 0.1) is 0 Å².